The van der Waals surface area contributed by atoms with Crippen LogP contribution in [0.1, 0.15) is 57.5 Å². The minimum absolute atomic E-state index is 0.144. The van der Waals surface area contributed by atoms with Gasteiger partial charge in [-0.1, -0.05) is 0 Å². The lowest BCUT2D eigenvalue weighted by atomic mass is 10.00. The standard InChI is InChI=1S/C24H24FN5O3/c1-15-19(23(31)29-18-9-7-17(25)8-10-18)14-27-22(28-15)20-5-3-4-12-30(20)24(32)16-6-11-21(33-2)26-13-16/h6-11,13-14,20H,3-5,12H2,1-2H3,(H,29,31)/t20-/m0/s1. The monoisotopic (exact) mass is 449 g/mol. The van der Waals surface area contributed by atoms with Gasteiger partial charge in [0.05, 0.1) is 30.0 Å². The first-order valence-electron chi connectivity index (χ1n) is 10.7. The number of halogens is 1. The largest absolute Gasteiger partial charge is 0.481 e. The zero-order chi connectivity index (χ0) is 23.4. The second kappa shape index (κ2) is 9.72. The number of aromatic nitrogens is 3. The van der Waals surface area contributed by atoms with E-state index in [1.807, 2.05) is 0 Å². The molecule has 2 aromatic heterocycles. The van der Waals surface area contributed by atoms with Crippen LogP contribution in [-0.2, 0) is 0 Å². The molecular weight excluding hydrogens is 425 g/mol. The first kappa shape index (κ1) is 22.3. The SMILES string of the molecule is COc1ccc(C(=O)N2CCCC[C@H]2c2ncc(C(=O)Nc3ccc(F)cc3)c(C)n2)cn1. The van der Waals surface area contributed by atoms with E-state index in [0.29, 0.717) is 40.8 Å². The van der Waals surface area contributed by atoms with Gasteiger partial charge in [0.1, 0.15) is 5.82 Å². The molecule has 1 aromatic carbocycles. The van der Waals surface area contributed by atoms with E-state index in [1.165, 1.54) is 43.8 Å². The average Bonchev–Trinajstić information content (AvgIpc) is 2.85. The summed E-state index contributed by atoms with van der Waals surface area (Å²) in [5.41, 5.74) is 1.76. The van der Waals surface area contributed by atoms with Crippen LogP contribution in [-0.4, -0.2) is 45.3 Å². The fraction of sp³-hybridized carbons (Fsp3) is 0.292. The van der Waals surface area contributed by atoms with E-state index in [9.17, 15) is 14.0 Å². The van der Waals surface area contributed by atoms with Crippen molar-refractivity contribution in [3.63, 3.8) is 0 Å². The zero-order valence-corrected chi connectivity index (χ0v) is 18.4. The van der Waals surface area contributed by atoms with Gasteiger partial charge >= 0.3 is 0 Å². The van der Waals surface area contributed by atoms with Crippen LogP contribution >= 0.6 is 0 Å². The third-order valence-electron chi connectivity index (χ3n) is 5.60. The minimum atomic E-state index is -0.383. The summed E-state index contributed by atoms with van der Waals surface area (Å²) in [6.45, 7) is 2.32. The van der Waals surface area contributed by atoms with E-state index in [1.54, 1.807) is 24.0 Å². The number of pyridine rings is 1. The van der Waals surface area contributed by atoms with Gasteiger partial charge in [0, 0.05) is 30.7 Å². The second-order valence-electron chi connectivity index (χ2n) is 7.79. The highest BCUT2D eigenvalue weighted by atomic mass is 19.1. The number of hydrogen-bond acceptors (Lipinski definition) is 6. The average molecular weight is 449 g/mol. The Kier molecular flexibility index (Phi) is 6.58. The van der Waals surface area contributed by atoms with Crippen LogP contribution < -0.4 is 10.1 Å². The van der Waals surface area contributed by atoms with Crippen molar-refractivity contribution in [3.8, 4) is 5.88 Å². The molecule has 2 amide bonds. The normalized spacial score (nSPS) is 15.7. The number of piperidine rings is 1. The number of anilines is 1. The van der Waals surface area contributed by atoms with Gasteiger partial charge in [0.15, 0.2) is 5.82 Å². The van der Waals surface area contributed by atoms with Gasteiger partial charge in [0.2, 0.25) is 5.88 Å². The Morgan fingerprint density at radius 1 is 1.09 bits per heavy atom. The summed E-state index contributed by atoms with van der Waals surface area (Å²) < 4.78 is 18.2. The van der Waals surface area contributed by atoms with E-state index < -0.39 is 0 Å². The Labute approximate surface area is 190 Å². The maximum atomic E-state index is 13.2. The van der Waals surface area contributed by atoms with Gasteiger partial charge in [-0.2, -0.15) is 0 Å². The predicted molar refractivity (Wildman–Crippen MR) is 120 cm³/mol. The van der Waals surface area contributed by atoms with Gasteiger partial charge < -0.3 is 15.0 Å². The minimum Gasteiger partial charge on any atom is -0.481 e. The number of amides is 2. The smallest absolute Gasteiger partial charge is 0.259 e. The molecule has 1 saturated heterocycles. The molecule has 0 aliphatic carbocycles. The number of ether oxygens (including phenoxy) is 1. The fourth-order valence-corrected chi connectivity index (χ4v) is 3.84. The number of aryl methyl sites for hydroxylation is 1. The topological polar surface area (TPSA) is 97.3 Å². The molecule has 8 nitrogen and oxygen atoms in total. The summed E-state index contributed by atoms with van der Waals surface area (Å²) in [5.74, 6) is 0.0326. The molecule has 9 heteroatoms. The number of nitrogens with zero attached hydrogens (tertiary/aromatic N) is 4. The van der Waals surface area contributed by atoms with Crippen LogP contribution in [0.2, 0.25) is 0 Å². The van der Waals surface area contributed by atoms with Gasteiger partial charge in [-0.05, 0) is 56.5 Å². The molecule has 1 N–H and O–H groups in total. The molecule has 0 saturated carbocycles. The van der Waals surface area contributed by atoms with Crippen molar-refractivity contribution in [2.24, 2.45) is 0 Å². The first-order valence-corrected chi connectivity index (χ1v) is 10.7. The van der Waals surface area contributed by atoms with Gasteiger partial charge in [-0.3, -0.25) is 9.59 Å². The second-order valence-corrected chi connectivity index (χ2v) is 7.79. The molecule has 33 heavy (non-hydrogen) atoms. The van der Waals surface area contributed by atoms with Crippen LogP contribution in [0.4, 0.5) is 10.1 Å². The quantitative estimate of drug-likeness (QED) is 0.634. The molecule has 0 spiro atoms. The fourth-order valence-electron chi connectivity index (χ4n) is 3.84. The number of carbonyl (C=O) groups excluding carboxylic acids is 2. The van der Waals surface area contributed by atoms with E-state index in [2.05, 4.69) is 20.3 Å². The van der Waals surface area contributed by atoms with Crippen molar-refractivity contribution in [1.29, 1.82) is 0 Å². The summed E-state index contributed by atoms with van der Waals surface area (Å²) in [5, 5.41) is 2.72. The molecular formula is C24H24FN5O3. The molecule has 0 bridgehead atoms. The molecule has 1 fully saturated rings. The maximum Gasteiger partial charge on any atom is 0.259 e. The lowest BCUT2D eigenvalue weighted by molar-refractivity contribution is 0.0598. The molecule has 1 aliphatic rings. The van der Waals surface area contributed by atoms with Crippen molar-refractivity contribution in [1.82, 2.24) is 19.9 Å². The zero-order valence-electron chi connectivity index (χ0n) is 18.4. The van der Waals surface area contributed by atoms with Crippen molar-refractivity contribution in [2.75, 3.05) is 19.0 Å². The third-order valence-corrected chi connectivity index (χ3v) is 5.60. The van der Waals surface area contributed by atoms with Crippen LogP contribution in [0.15, 0.2) is 48.8 Å². The first-order chi connectivity index (χ1) is 16.0. The van der Waals surface area contributed by atoms with Crippen molar-refractivity contribution >= 4 is 17.5 Å². The number of nitrogens with one attached hydrogen (secondary N) is 1. The summed E-state index contributed by atoms with van der Waals surface area (Å²) in [4.78, 5) is 40.7. The van der Waals surface area contributed by atoms with Crippen LogP contribution in [0.3, 0.4) is 0 Å². The predicted octanol–water partition coefficient (Wildman–Crippen LogP) is 3.95. The van der Waals surface area contributed by atoms with E-state index >= 15 is 0 Å². The molecule has 3 aromatic rings. The lowest BCUT2D eigenvalue weighted by Crippen LogP contribution is -2.39. The third kappa shape index (κ3) is 4.97. The van der Waals surface area contributed by atoms with Crippen LogP contribution in [0.25, 0.3) is 0 Å². The number of rotatable bonds is 5. The van der Waals surface area contributed by atoms with Crippen LogP contribution in [0, 0.1) is 12.7 Å². The molecule has 0 radical (unpaired) electrons. The van der Waals surface area contributed by atoms with Crippen molar-refractivity contribution in [2.45, 2.75) is 32.2 Å². The highest BCUT2D eigenvalue weighted by molar-refractivity contribution is 6.04. The summed E-state index contributed by atoms with van der Waals surface area (Å²) in [6, 6.07) is 8.57. The lowest BCUT2D eigenvalue weighted by Gasteiger charge is -2.35. The maximum absolute atomic E-state index is 13.2. The summed E-state index contributed by atoms with van der Waals surface area (Å²) >= 11 is 0. The number of methoxy groups -OCH3 is 1. The van der Waals surface area contributed by atoms with E-state index in [4.69, 9.17) is 4.74 Å². The summed E-state index contributed by atoms with van der Waals surface area (Å²) in [7, 11) is 1.52. The molecule has 0 unspecified atom stereocenters. The highest BCUT2D eigenvalue weighted by Gasteiger charge is 2.31. The number of benzene rings is 1. The van der Waals surface area contributed by atoms with E-state index in [-0.39, 0.29) is 23.7 Å². The van der Waals surface area contributed by atoms with Gasteiger partial charge in [-0.25, -0.2) is 19.3 Å². The van der Waals surface area contributed by atoms with E-state index in [0.717, 1.165) is 19.3 Å². The summed E-state index contributed by atoms with van der Waals surface area (Å²) in [6.07, 6.45) is 5.55. The van der Waals surface area contributed by atoms with Crippen molar-refractivity contribution < 1.29 is 18.7 Å². The molecule has 3 heterocycles. The Hall–Kier alpha value is -3.88. The van der Waals surface area contributed by atoms with Crippen LogP contribution in [0.5, 0.6) is 5.88 Å². The highest BCUT2D eigenvalue weighted by Crippen LogP contribution is 2.30. The number of likely N-dealkylation sites (tertiary alicyclic amines) is 1. The molecule has 1 atom stereocenters. The molecule has 170 valence electrons. The Morgan fingerprint density at radius 2 is 1.88 bits per heavy atom. The number of hydrogen-bond donors (Lipinski definition) is 1. The number of carbonyl (C=O) groups is 2. The Morgan fingerprint density at radius 3 is 2.55 bits per heavy atom. The molecule has 4 rings (SSSR count). The Bertz CT molecular complexity index is 1150. The van der Waals surface area contributed by atoms with Gasteiger partial charge in [-0.15, -0.1) is 0 Å². The van der Waals surface area contributed by atoms with Crippen molar-refractivity contribution in [3.05, 3.63) is 77.3 Å². The Balaban J connectivity index is 1.53. The van der Waals surface area contributed by atoms with Gasteiger partial charge in [0.25, 0.3) is 11.8 Å². The molecule has 1 aliphatic heterocycles.